The molecule has 0 radical (unpaired) electrons. The second kappa shape index (κ2) is 5.84. The molecule has 2 aromatic rings. The average molecular weight is 295 g/mol. The second-order valence-electron chi connectivity index (χ2n) is 4.66. The Morgan fingerprint density at radius 1 is 1.30 bits per heavy atom. The van der Waals surface area contributed by atoms with Crippen LogP contribution in [0.5, 0.6) is 0 Å². The molecule has 108 valence electrons. The maximum atomic E-state index is 5.35. The minimum Gasteiger partial charge on any atom is -0.378 e. The Morgan fingerprint density at radius 3 is 2.80 bits per heavy atom. The molecular formula is C12H17N5O2S. The number of hydrogen-bond donors (Lipinski definition) is 0. The Morgan fingerprint density at radius 2 is 2.10 bits per heavy atom. The number of aromatic nitrogens is 4. The largest absolute Gasteiger partial charge is 0.378 e. The van der Waals surface area contributed by atoms with Crippen molar-refractivity contribution in [2.45, 2.75) is 17.8 Å². The van der Waals surface area contributed by atoms with E-state index < -0.39 is 0 Å². The van der Waals surface area contributed by atoms with Gasteiger partial charge in [0.1, 0.15) is 5.76 Å². The summed E-state index contributed by atoms with van der Waals surface area (Å²) in [7, 11) is 1.98. The lowest BCUT2D eigenvalue weighted by Gasteiger charge is -2.27. The van der Waals surface area contributed by atoms with Crippen LogP contribution in [0.15, 0.2) is 15.7 Å². The van der Waals surface area contributed by atoms with Crippen LogP contribution in [0.1, 0.15) is 11.5 Å². The van der Waals surface area contributed by atoms with Crippen molar-refractivity contribution in [2.24, 2.45) is 7.05 Å². The van der Waals surface area contributed by atoms with E-state index in [4.69, 9.17) is 9.26 Å². The number of anilines is 1. The van der Waals surface area contributed by atoms with Crippen LogP contribution in [0.4, 0.5) is 5.95 Å². The van der Waals surface area contributed by atoms with Crippen LogP contribution >= 0.6 is 11.8 Å². The van der Waals surface area contributed by atoms with Crippen molar-refractivity contribution in [3.05, 3.63) is 17.5 Å². The first-order chi connectivity index (χ1) is 9.74. The molecule has 2 aromatic heterocycles. The van der Waals surface area contributed by atoms with Crippen LogP contribution in [-0.2, 0) is 17.5 Å². The molecule has 1 aliphatic rings. The first kappa shape index (κ1) is 13.4. The van der Waals surface area contributed by atoms with Crippen LogP contribution < -0.4 is 4.90 Å². The molecule has 0 saturated carbocycles. The number of hydrogen-bond acceptors (Lipinski definition) is 7. The monoisotopic (exact) mass is 295 g/mol. The highest BCUT2D eigenvalue weighted by atomic mass is 32.2. The predicted octanol–water partition coefficient (Wildman–Crippen LogP) is 1.24. The van der Waals surface area contributed by atoms with E-state index in [-0.39, 0.29) is 0 Å². The van der Waals surface area contributed by atoms with Gasteiger partial charge in [0.05, 0.1) is 24.7 Å². The molecular weight excluding hydrogens is 278 g/mol. The van der Waals surface area contributed by atoms with Crippen LogP contribution in [-0.4, -0.2) is 46.2 Å². The van der Waals surface area contributed by atoms with Gasteiger partial charge in [-0.2, -0.15) is 0 Å². The summed E-state index contributed by atoms with van der Waals surface area (Å²) in [4.78, 5) is 2.19. The SMILES string of the molecule is Cc1cc(CSc2nnc(N3CCOCC3)n2C)on1. The van der Waals surface area contributed by atoms with E-state index in [0.717, 1.165) is 48.9 Å². The average Bonchev–Trinajstić information content (AvgIpc) is 3.04. The fourth-order valence-electron chi connectivity index (χ4n) is 2.09. The highest BCUT2D eigenvalue weighted by molar-refractivity contribution is 7.98. The molecule has 20 heavy (non-hydrogen) atoms. The van der Waals surface area contributed by atoms with Gasteiger partial charge in [0.2, 0.25) is 5.95 Å². The van der Waals surface area contributed by atoms with Crippen molar-refractivity contribution in [3.8, 4) is 0 Å². The number of rotatable bonds is 4. The van der Waals surface area contributed by atoms with Crippen LogP contribution in [0, 0.1) is 6.92 Å². The Hall–Kier alpha value is -1.54. The number of thioether (sulfide) groups is 1. The molecule has 1 saturated heterocycles. The lowest BCUT2D eigenvalue weighted by Crippen LogP contribution is -2.37. The molecule has 0 unspecified atom stereocenters. The first-order valence-corrected chi connectivity index (χ1v) is 7.49. The molecule has 0 aliphatic carbocycles. The highest BCUT2D eigenvalue weighted by Gasteiger charge is 2.18. The van der Waals surface area contributed by atoms with Crippen molar-refractivity contribution in [3.63, 3.8) is 0 Å². The maximum absolute atomic E-state index is 5.35. The summed E-state index contributed by atoms with van der Waals surface area (Å²) in [6, 6.07) is 1.94. The van der Waals surface area contributed by atoms with Gasteiger partial charge in [0.15, 0.2) is 5.16 Å². The first-order valence-electron chi connectivity index (χ1n) is 6.51. The molecule has 7 nitrogen and oxygen atoms in total. The van der Waals surface area contributed by atoms with E-state index in [0.29, 0.717) is 5.75 Å². The molecule has 1 aliphatic heterocycles. The summed E-state index contributed by atoms with van der Waals surface area (Å²) in [5.74, 6) is 2.45. The van der Waals surface area contributed by atoms with Crippen LogP contribution in [0.25, 0.3) is 0 Å². The summed E-state index contributed by atoms with van der Waals surface area (Å²) in [5.41, 5.74) is 0.896. The zero-order chi connectivity index (χ0) is 13.9. The molecule has 3 heterocycles. The van der Waals surface area contributed by atoms with Crippen molar-refractivity contribution < 1.29 is 9.26 Å². The van der Waals surface area contributed by atoms with E-state index >= 15 is 0 Å². The van der Waals surface area contributed by atoms with Gasteiger partial charge in [-0.25, -0.2) is 0 Å². The Labute approximate surface area is 121 Å². The van der Waals surface area contributed by atoms with E-state index in [2.05, 4.69) is 20.3 Å². The number of aryl methyl sites for hydroxylation is 1. The highest BCUT2D eigenvalue weighted by Crippen LogP contribution is 2.24. The van der Waals surface area contributed by atoms with Gasteiger partial charge in [-0.3, -0.25) is 4.57 Å². The maximum Gasteiger partial charge on any atom is 0.227 e. The zero-order valence-electron chi connectivity index (χ0n) is 11.6. The van der Waals surface area contributed by atoms with E-state index in [9.17, 15) is 0 Å². The Kier molecular flexibility index (Phi) is 3.93. The van der Waals surface area contributed by atoms with Gasteiger partial charge in [-0.1, -0.05) is 16.9 Å². The third kappa shape index (κ3) is 2.80. The number of morpholine rings is 1. The van der Waals surface area contributed by atoms with E-state index in [1.165, 1.54) is 0 Å². The molecule has 8 heteroatoms. The van der Waals surface area contributed by atoms with Crippen LogP contribution in [0.3, 0.4) is 0 Å². The normalized spacial score (nSPS) is 15.8. The molecule has 0 aromatic carbocycles. The molecule has 1 fully saturated rings. The van der Waals surface area contributed by atoms with Crippen molar-refractivity contribution in [2.75, 3.05) is 31.2 Å². The molecule has 0 amide bonds. The van der Waals surface area contributed by atoms with Gasteiger partial charge >= 0.3 is 0 Å². The van der Waals surface area contributed by atoms with Gasteiger partial charge in [-0.05, 0) is 6.92 Å². The lowest BCUT2D eigenvalue weighted by atomic mass is 10.4. The van der Waals surface area contributed by atoms with Crippen LogP contribution in [0.2, 0.25) is 0 Å². The van der Waals surface area contributed by atoms with E-state index in [1.54, 1.807) is 11.8 Å². The fraction of sp³-hybridized carbons (Fsp3) is 0.583. The summed E-state index contributed by atoms with van der Waals surface area (Å²) in [6.07, 6.45) is 0. The predicted molar refractivity (Wildman–Crippen MR) is 74.8 cm³/mol. The van der Waals surface area contributed by atoms with Crippen molar-refractivity contribution in [1.29, 1.82) is 0 Å². The Balaban J connectivity index is 1.66. The molecule has 0 spiro atoms. The lowest BCUT2D eigenvalue weighted by molar-refractivity contribution is 0.121. The summed E-state index contributed by atoms with van der Waals surface area (Å²) >= 11 is 1.60. The van der Waals surface area contributed by atoms with E-state index in [1.807, 2.05) is 24.6 Å². The molecule has 0 bridgehead atoms. The number of nitrogens with zero attached hydrogens (tertiary/aromatic N) is 5. The van der Waals surface area contributed by atoms with Gasteiger partial charge in [0, 0.05) is 26.2 Å². The minimum absolute atomic E-state index is 0.704. The third-order valence-corrected chi connectivity index (χ3v) is 4.17. The molecule has 0 N–H and O–H groups in total. The summed E-state index contributed by atoms with van der Waals surface area (Å²) < 4.78 is 12.6. The fourth-order valence-corrected chi connectivity index (χ4v) is 2.87. The third-order valence-electron chi connectivity index (χ3n) is 3.13. The minimum atomic E-state index is 0.704. The number of ether oxygens (including phenoxy) is 1. The van der Waals surface area contributed by atoms with Crippen molar-refractivity contribution >= 4 is 17.7 Å². The Bertz CT molecular complexity index is 576. The molecule has 0 atom stereocenters. The summed E-state index contributed by atoms with van der Waals surface area (Å²) in [6.45, 7) is 5.12. The summed E-state index contributed by atoms with van der Waals surface area (Å²) in [5, 5.41) is 13.3. The van der Waals surface area contributed by atoms with Crippen molar-refractivity contribution in [1.82, 2.24) is 19.9 Å². The quantitative estimate of drug-likeness (QED) is 0.786. The molecule has 3 rings (SSSR count). The second-order valence-corrected chi connectivity index (χ2v) is 5.61. The topological polar surface area (TPSA) is 69.2 Å². The standard InChI is InChI=1S/C12H17N5O2S/c1-9-7-10(19-15-9)8-20-12-14-13-11(16(12)2)17-3-5-18-6-4-17/h7H,3-6,8H2,1-2H3. The van der Waals surface area contributed by atoms with Gasteiger partial charge in [-0.15, -0.1) is 10.2 Å². The zero-order valence-corrected chi connectivity index (χ0v) is 12.4. The van der Waals surface area contributed by atoms with Gasteiger partial charge in [0.25, 0.3) is 0 Å². The van der Waals surface area contributed by atoms with Gasteiger partial charge < -0.3 is 14.2 Å². The smallest absolute Gasteiger partial charge is 0.227 e.